The molecule has 2 aliphatic rings. The van der Waals surface area contributed by atoms with Crippen LogP contribution in [-0.2, 0) is 21.4 Å². The van der Waals surface area contributed by atoms with Gasteiger partial charge in [-0.25, -0.2) is 9.48 Å². The second kappa shape index (κ2) is 8.69. The van der Waals surface area contributed by atoms with Crippen LogP contribution in [0.3, 0.4) is 0 Å². The van der Waals surface area contributed by atoms with E-state index in [4.69, 9.17) is 0 Å². The Morgan fingerprint density at radius 2 is 2.10 bits per heavy atom. The number of aromatic nitrogens is 4. The van der Waals surface area contributed by atoms with Crippen molar-refractivity contribution in [2.45, 2.75) is 22.7 Å². The Morgan fingerprint density at radius 1 is 1.35 bits per heavy atom. The van der Waals surface area contributed by atoms with E-state index in [1.807, 2.05) is 0 Å². The number of carbonyl (C=O) groups is 3. The molecule has 3 N–H and O–H groups in total. The van der Waals surface area contributed by atoms with Gasteiger partial charge in [0.05, 0.1) is 0 Å². The number of hydrogen-bond donors (Lipinski definition) is 3. The van der Waals surface area contributed by atoms with E-state index < -0.39 is 35.3 Å². The number of aliphatic hydroxyl groups is 1. The Balaban J connectivity index is 1.46. The summed E-state index contributed by atoms with van der Waals surface area (Å²) < 4.78 is 1.48. The first kappa shape index (κ1) is 21.3. The van der Waals surface area contributed by atoms with E-state index in [2.05, 4.69) is 20.8 Å². The van der Waals surface area contributed by atoms with Crippen molar-refractivity contribution < 1.29 is 24.6 Å². The Kier molecular flexibility index (Phi) is 5.98. The fraction of sp³-hybridized carbons (Fsp3) is 0.333. The summed E-state index contributed by atoms with van der Waals surface area (Å²) in [5, 5.41) is 33.6. The minimum atomic E-state index is -1.42. The molecule has 0 spiro atoms. The summed E-state index contributed by atoms with van der Waals surface area (Å²) in [6, 6.07) is 7.46. The van der Waals surface area contributed by atoms with Gasteiger partial charge in [-0.2, -0.15) is 0 Å². The van der Waals surface area contributed by atoms with E-state index >= 15 is 0 Å². The second-order valence-corrected chi connectivity index (χ2v) is 8.89. The summed E-state index contributed by atoms with van der Waals surface area (Å²) in [5.74, 6) is -1.75. The summed E-state index contributed by atoms with van der Waals surface area (Å²) in [4.78, 5) is 38.2. The zero-order valence-electron chi connectivity index (χ0n) is 16.2. The van der Waals surface area contributed by atoms with Crippen LogP contribution >= 0.6 is 23.5 Å². The number of thioether (sulfide) groups is 2. The molecule has 1 aromatic carbocycles. The molecular formula is C18H18N6O5S2. The first-order valence-corrected chi connectivity index (χ1v) is 11.2. The Morgan fingerprint density at radius 3 is 2.74 bits per heavy atom. The molecule has 2 amide bonds. The lowest BCUT2D eigenvalue weighted by molar-refractivity contribution is -0.151. The molecule has 1 unspecified atom stereocenters. The fourth-order valence-corrected chi connectivity index (χ4v) is 5.64. The van der Waals surface area contributed by atoms with Crippen LogP contribution in [-0.4, -0.2) is 76.0 Å². The lowest BCUT2D eigenvalue weighted by Gasteiger charge is -2.49. The molecule has 1 saturated heterocycles. The van der Waals surface area contributed by atoms with Crippen molar-refractivity contribution in [1.29, 1.82) is 0 Å². The van der Waals surface area contributed by atoms with Crippen LogP contribution in [0.15, 0.2) is 46.8 Å². The highest BCUT2D eigenvalue weighted by Crippen LogP contribution is 2.41. The molecule has 3 atom stereocenters. The van der Waals surface area contributed by atoms with Crippen LogP contribution < -0.4 is 5.32 Å². The van der Waals surface area contributed by atoms with Crippen LogP contribution in [0.4, 0.5) is 0 Å². The summed E-state index contributed by atoms with van der Waals surface area (Å²) in [7, 11) is 1.68. The molecule has 0 bridgehead atoms. The molecule has 1 aromatic heterocycles. The SMILES string of the molecule is Cn1nnnc1SCC1=C(C(=O)O)N2C(=O)[C@@H](NC(=O)C(O)c3ccccc3)[C@H]2SC1. The number of nitrogens with one attached hydrogen (secondary N) is 1. The molecule has 11 nitrogen and oxygen atoms in total. The Labute approximate surface area is 184 Å². The smallest absolute Gasteiger partial charge is 0.352 e. The van der Waals surface area contributed by atoms with E-state index in [-0.39, 0.29) is 5.70 Å². The minimum Gasteiger partial charge on any atom is -0.477 e. The zero-order valence-corrected chi connectivity index (χ0v) is 17.8. The van der Waals surface area contributed by atoms with Crippen molar-refractivity contribution in [1.82, 2.24) is 30.4 Å². The highest BCUT2D eigenvalue weighted by Gasteiger charge is 2.54. The molecule has 0 radical (unpaired) electrons. The predicted molar refractivity (Wildman–Crippen MR) is 111 cm³/mol. The summed E-state index contributed by atoms with van der Waals surface area (Å²) in [6.45, 7) is 0. The third-order valence-electron chi connectivity index (χ3n) is 4.87. The largest absolute Gasteiger partial charge is 0.477 e. The number of aliphatic hydroxyl groups excluding tert-OH is 1. The van der Waals surface area contributed by atoms with Crippen LogP contribution in [0, 0.1) is 0 Å². The molecule has 162 valence electrons. The number of rotatable bonds is 7. The lowest BCUT2D eigenvalue weighted by Crippen LogP contribution is -2.70. The standard InChI is InChI=1S/C18H18N6O5S2/c1-23-18(20-21-22-23)31-8-10-7-30-16-11(15(27)24(16)12(10)17(28)29)19-14(26)13(25)9-5-3-2-4-6-9/h2-6,11,13,16,25H,7-8H2,1H3,(H,19,26)(H,28,29)/t11-,13?,16-/m1/s1. The molecule has 1 fully saturated rings. The van der Waals surface area contributed by atoms with E-state index in [1.165, 1.54) is 33.1 Å². The number of aliphatic carboxylic acids is 1. The number of benzene rings is 1. The first-order chi connectivity index (χ1) is 14.9. The van der Waals surface area contributed by atoms with Crippen LogP contribution in [0.1, 0.15) is 11.7 Å². The van der Waals surface area contributed by atoms with E-state index in [0.717, 1.165) is 0 Å². The molecular weight excluding hydrogens is 444 g/mol. The van der Waals surface area contributed by atoms with E-state index in [9.17, 15) is 24.6 Å². The van der Waals surface area contributed by atoms with Crippen LogP contribution in [0.5, 0.6) is 0 Å². The fourth-order valence-electron chi connectivity index (χ4n) is 3.31. The molecule has 2 aromatic rings. The number of β-lactam (4-membered cyclic amide) rings is 1. The summed E-state index contributed by atoms with van der Waals surface area (Å²) >= 11 is 2.64. The number of fused-ring (bicyclic) bond motifs is 1. The quantitative estimate of drug-likeness (QED) is 0.372. The molecule has 0 saturated carbocycles. The van der Waals surface area contributed by atoms with Gasteiger partial charge in [-0.1, -0.05) is 42.1 Å². The summed E-state index contributed by atoms with van der Waals surface area (Å²) in [6.07, 6.45) is -1.42. The topological polar surface area (TPSA) is 151 Å². The molecule has 13 heteroatoms. The van der Waals surface area contributed by atoms with Gasteiger partial charge < -0.3 is 15.5 Å². The maximum Gasteiger partial charge on any atom is 0.352 e. The zero-order chi connectivity index (χ0) is 22.1. The van der Waals surface area contributed by atoms with Crippen molar-refractivity contribution >= 4 is 41.3 Å². The van der Waals surface area contributed by atoms with Crippen molar-refractivity contribution in [2.75, 3.05) is 11.5 Å². The van der Waals surface area contributed by atoms with Gasteiger partial charge in [0.15, 0.2) is 6.10 Å². The van der Waals surface area contributed by atoms with Gasteiger partial charge in [-0.05, 0) is 21.6 Å². The van der Waals surface area contributed by atoms with Crippen LogP contribution in [0.25, 0.3) is 0 Å². The number of carbonyl (C=O) groups excluding carboxylic acids is 2. The normalized spacial score (nSPS) is 21.4. The highest BCUT2D eigenvalue weighted by molar-refractivity contribution is 8.01. The molecule has 2 aliphatic heterocycles. The van der Waals surface area contributed by atoms with Crippen molar-refractivity contribution in [3.63, 3.8) is 0 Å². The molecule has 31 heavy (non-hydrogen) atoms. The molecule has 4 rings (SSSR count). The number of carboxylic acids is 1. The first-order valence-electron chi connectivity index (χ1n) is 9.17. The number of carboxylic acid groups (broad SMARTS) is 1. The van der Waals surface area contributed by atoms with E-state index in [0.29, 0.717) is 27.8 Å². The van der Waals surface area contributed by atoms with Crippen molar-refractivity contribution in [2.24, 2.45) is 7.05 Å². The number of hydrogen-bond acceptors (Lipinski definition) is 9. The second-order valence-electron chi connectivity index (χ2n) is 6.84. The van der Waals surface area contributed by atoms with Crippen molar-refractivity contribution in [3.05, 3.63) is 47.2 Å². The van der Waals surface area contributed by atoms with Crippen LogP contribution in [0.2, 0.25) is 0 Å². The average molecular weight is 463 g/mol. The third kappa shape index (κ3) is 4.03. The van der Waals surface area contributed by atoms with Gasteiger partial charge in [0.1, 0.15) is 17.1 Å². The maximum atomic E-state index is 12.7. The molecule has 3 heterocycles. The predicted octanol–water partition coefficient (Wildman–Crippen LogP) is -0.226. The maximum absolute atomic E-state index is 12.7. The monoisotopic (exact) mass is 462 g/mol. The van der Waals surface area contributed by atoms with Gasteiger partial charge in [0, 0.05) is 18.6 Å². The van der Waals surface area contributed by atoms with E-state index in [1.54, 1.807) is 37.4 Å². The van der Waals surface area contributed by atoms with Crippen molar-refractivity contribution in [3.8, 4) is 0 Å². The van der Waals surface area contributed by atoms with Gasteiger partial charge >= 0.3 is 5.97 Å². The van der Waals surface area contributed by atoms with Gasteiger partial charge in [0.2, 0.25) is 5.16 Å². The minimum absolute atomic E-state index is 0.0783. The lowest BCUT2D eigenvalue weighted by atomic mass is 10.0. The summed E-state index contributed by atoms with van der Waals surface area (Å²) in [5.41, 5.74) is 0.901. The number of aryl methyl sites for hydroxylation is 1. The molecule has 0 aliphatic carbocycles. The average Bonchev–Trinajstić information content (AvgIpc) is 3.19. The highest BCUT2D eigenvalue weighted by atomic mass is 32.2. The van der Waals surface area contributed by atoms with Gasteiger partial charge in [-0.15, -0.1) is 16.9 Å². The van der Waals surface area contributed by atoms with Gasteiger partial charge in [0.25, 0.3) is 11.8 Å². The van der Waals surface area contributed by atoms with Gasteiger partial charge in [-0.3, -0.25) is 14.5 Å². The number of tetrazole rings is 1. The third-order valence-corrected chi connectivity index (χ3v) is 7.30. The number of nitrogens with zero attached hydrogens (tertiary/aromatic N) is 5. The Hall–Kier alpha value is -2.90. The Bertz CT molecular complexity index is 1060. The number of amides is 2.